The summed E-state index contributed by atoms with van der Waals surface area (Å²) in [6.45, 7) is 14.1. The first-order chi connectivity index (χ1) is 30.5. The number of unbranched alkanes of at least 4 members (excludes halogenated alkanes) is 1. The lowest BCUT2D eigenvalue weighted by molar-refractivity contribution is -0.126. The van der Waals surface area contributed by atoms with Crippen molar-refractivity contribution in [1.29, 1.82) is 0 Å². The Labute approximate surface area is 363 Å². The number of rotatable bonds is 15. The third-order valence-corrected chi connectivity index (χ3v) is 12.6. The highest BCUT2D eigenvalue weighted by molar-refractivity contribution is 6.13. The Morgan fingerprint density at radius 3 is 2.68 bits per heavy atom. The number of aromatic amines is 1. The topological polar surface area (TPSA) is 194 Å². The number of carbonyl (C=O) groups excluding carboxylic acids is 3. The van der Waals surface area contributed by atoms with Crippen LogP contribution in [0.25, 0.3) is 33.1 Å². The first-order valence-corrected chi connectivity index (χ1v) is 21.8. The summed E-state index contributed by atoms with van der Waals surface area (Å²) in [5, 5.41) is 20.6. The maximum atomic E-state index is 13.9. The fourth-order valence-electron chi connectivity index (χ4n) is 9.11. The average Bonchev–Trinajstić information content (AvgIpc) is 3.52. The molecule has 1 aliphatic carbocycles. The van der Waals surface area contributed by atoms with Gasteiger partial charge in [0.2, 0.25) is 5.91 Å². The number of Topliss-reactive ketones (excluding diaryl/α,β-unsaturated/α-hetero) is 1. The number of imidazole rings is 1. The predicted octanol–water partition coefficient (Wildman–Crippen LogP) is 8.14. The minimum atomic E-state index is -0.513. The zero-order valence-electron chi connectivity index (χ0n) is 36.0. The van der Waals surface area contributed by atoms with E-state index in [4.69, 9.17) is 19.6 Å². The Morgan fingerprint density at radius 1 is 1.05 bits per heavy atom. The van der Waals surface area contributed by atoms with Crippen LogP contribution in [-0.2, 0) is 31.0 Å². The number of H-pyrrole nitrogens is 1. The number of amides is 2. The van der Waals surface area contributed by atoms with Gasteiger partial charge in [-0.1, -0.05) is 17.8 Å². The second-order valence-electron chi connectivity index (χ2n) is 17.1. The van der Waals surface area contributed by atoms with Crippen LogP contribution in [0.5, 0.6) is 0 Å². The van der Waals surface area contributed by atoms with Crippen molar-refractivity contribution in [3.05, 3.63) is 107 Å². The first-order valence-electron chi connectivity index (χ1n) is 21.8. The van der Waals surface area contributed by atoms with Gasteiger partial charge in [0.1, 0.15) is 29.1 Å². The van der Waals surface area contributed by atoms with Crippen LogP contribution in [0.3, 0.4) is 0 Å². The molecule has 2 fully saturated rings. The van der Waals surface area contributed by atoms with Gasteiger partial charge in [0.05, 0.1) is 35.3 Å². The van der Waals surface area contributed by atoms with Crippen molar-refractivity contribution in [3.8, 4) is 11.1 Å². The number of aromatic nitrogens is 8. The fourth-order valence-corrected chi connectivity index (χ4v) is 9.11. The molecular weight excluding hydrogens is 797 g/mol. The van der Waals surface area contributed by atoms with Crippen LogP contribution in [0.15, 0.2) is 65.7 Å². The normalized spacial score (nSPS) is 16.3. The molecule has 322 valence electrons. The van der Waals surface area contributed by atoms with Gasteiger partial charge in [-0.2, -0.15) is 5.10 Å². The Kier molecular flexibility index (Phi) is 10.1. The fraction of sp³-hybridized carbons (Fsp3) is 0.362. The van der Waals surface area contributed by atoms with Crippen molar-refractivity contribution < 1.29 is 18.9 Å². The van der Waals surface area contributed by atoms with Crippen LogP contribution in [0.2, 0.25) is 0 Å². The van der Waals surface area contributed by atoms with Crippen LogP contribution < -0.4 is 16.0 Å². The van der Waals surface area contributed by atoms with Gasteiger partial charge in [0.15, 0.2) is 11.6 Å². The zero-order chi connectivity index (χ0) is 43.5. The Morgan fingerprint density at radius 2 is 1.90 bits per heavy atom. The third-order valence-electron chi connectivity index (χ3n) is 12.6. The molecule has 1 saturated heterocycles. The van der Waals surface area contributed by atoms with Gasteiger partial charge in [-0.3, -0.25) is 14.4 Å². The van der Waals surface area contributed by atoms with Crippen LogP contribution in [0.1, 0.15) is 113 Å². The molecule has 16 heteroatoms. The van der Waals surface area contributed by atoms with Gasteiger partial charge >= 0.3 is 0 Å². The number of fused-ring (bicyclic) bond motifs is 4. The lowest BCUT2D eigenvalue weighted by Crippen LogP contribution is -2.49. The van der Waals surface area contributed by atoms with Crippen molar-refractivity contribution in [2.75, 3.05) is 10.6 Å². The minimum Gasteiger partial charge on any atom is -0.379 e. The number of anilines is 3. The molecule has 0 radical (unpaired) electrons. The van der Waals surface area contributed by atoms with Crippen molar-refractivity contribution in [3.63, 3.8) is 0 Å². The van der Waals surface area contributed by atoms with Gasteiger partial charge in [-0.05, 0) is 102 Å². The highest BCUT2D eigenvalue weighted by Gasteiger charge is 2.39. The van der Waals surface area contributed by atoms with E-state index in [0.717, 1.165) is 92.2 Å². The number of ketones is 1. The molecule has 16 nitrogen and oxygen atoms in total. The number of aryl methyl sites for hydroxylation is 5. The number of hydrogen-bond acceptors (Lipinski definition) is 11. The first kappa shape index (κ1) is 40.0. The van der Waals surface area contributed by atoms with Crippen LogP contribution in [0.4, 0.5) is 17.3 Å². The lowest BCUT2D eigenvalue weighted by Gasteiger charge is -2.31. The molecule has 4 N–H and O–H groups in total. The number of allylic oxidation sites excluding steroid dienone is 1. The molecule has 3 aliphatic rings. The molecular formula is C47H50N12O4. The quantitative estimate of drug-likeness (QED) is 0.0575. The summed E-state index contributed by atoms with van der Waals surface area (Å²) < 4.78 is 9.49. The van der Waals surface area contributed by atoms with Crippen LogP contribution in [-0.4, -0.2) is 68.0 Å². The lowest BCUT2D eigenvalue weighted by atomic mass is 9.97. The molecule has 2 amide bonds. The van der Waals surface area contributed by atoms with Crippen molar-refractivity contribution in [2.45, 2.75) is 111 Å². The molecule has 1 unspecified atom stereocenters. The molecule has 5 aromatic heterocycles. The summed E-state index contributed by atoms with van der Waals surface area (Å²) in [4.78, 5) is 59.4. The second-order valence-corrected chi connectivity index (χ2v) is 17.1. The Bertz CT molecular complexity index is 2960. The summed E-state index contributed by atoms with van der Waals surface area (Å²) in [6.07, 6.45) is 8.98. The Balaban J connectivity index is 0.820. The highest BCUT2D eigenvalue weighted by Crippen LogP contribution is 2.42. The van der Waals surface area contributed by atoms with E-state index in [2.05, 4.69) is 69.7 Å². The van der Waals surface area contributed by atoms with E-state index in [1.165, 1.54) is 0 Å². The standard InChI is InChI=1S/C47H50N12O4/c1-6-59-40(20-36(55-59)29-14-15-29)52-45-42-33-18-25(2)32(41-27(4)56-63-28(41)5)19-37(33)51-44(42)53-43(54-45)39(60)12-7-8-17-57-22-30(49-24-57)21-48-35-11-9-10-31-34(35)23-58(47(31)62)38-16-13-26(3)50-46(38)61/h9-11,18-20,22,24,29,38,48H,3,6-8,12-17,21,23H2,1-2,4-5H3,(H,50,61)(H2,51,52,53,54). The molecule has 1 atom stereocenters. The van der Waals surface area contributed by atoms with E-state index < -0.39 is 6.04 Å². The molecule has 63 heavy (non-hydrogen) atoms. The van der Waals surface area contributed by atoms with Crippen LogP contribution in [0, 0.1) is 20.8 Å². The number of piperidine rings is 1. The van der Waals surface area contributed by atoms with Crippen molar-refractivity contribution in [1.82, 2.24) is 49.7 Å². The molecule has 7 aromatic rings. The largest absolute Gasteiger partial charge is 0.379 e. The number of carbonyl (C=O) groups is 3. The SMILES string of the molecule is C=C1CCC(N2Cc3c(NCc4cn(CCCCC(=O)c5nc(Nc6cc(C7CC7)nn6CC)c6c(n5)[nH]c5cc(-c7c(C)noc7C)c(C)cc56)cn4)cccc3C2=O)C(=O)N1. The van der Waals surface area contributed by atoms with Gasteiger partial charge in [0.25, 0.3) is 5.91 Å². The predicted molar refractivity (Wildman–Crippen MR) is 239 cm³/mol. The van der Waals surface area contributed by atoms with E-state index in [-0.39, 0.29) is 29.8 Å². The molecule has 0 bridgehead atoms. The van der Waals surface area contributed by atoms with Gasteiger partial charge in [0, 0.05) is 83.2 Å². The summed E-state index contributed by atoms with van der Waals surface area (Å²) in [7, 11) is 0. The zero-order valence-corrected chi connectivity index (χ0v) is 36.0. The summed E-state index contributed by atoms with van der Waals surface area (Å²) in [5.74, 6) is 2.34. The van der Waals surface area contributed by atoms with Gasteiger partial charge in [-0.15, -0.1) is 0 Å². The maximum Gasteiger partial charge on any atom is 0.255 e. The maximum absolute atomic E-state index is 13.9. The summed E-state index contributed by atoms with van der Waals surface area (Å²) >= 11 is 0. The van der Waals surface area contributed by atoms with E-state index in [1.54, 1.807) is 11.2 Å². The molecule has 2 aliphatic heterocycles. The number of benzene rings is 2. The average molecular weight is 847 g/mol. The minimum absolute atomic E-state index is 0.132. The Hall–Kier alpha value is -7.10. The molecule has 1 saturated carbocycles. The van der Waals surface area contributed by atoms with Gasteiger partial charge < -0.3 is 34.9 Å². The summed E-state index contributed by atoms with van der Waals surface area (Å²) in [6, 6.07) is 11.5. The number of nitrogens with zero attached hydrogens (tertiary/aromatic N) is 8. The highest BCUT2D eigenvalue weighted by atomic mass is 16.5. The second kappa shape index (κ2) is 16.0. The van der Waals surface area contributed by atoms with E-state index >= 15 is 0 Å². The summed E-state index contributed by atoms with van der Waals surface area (Å²) in [5.41, 5.74) is 10.3. The van der Waals surface area contributed by atoms with E-state index in [0.29, 0.717) is 74.1 Å². The molecule has 7 heterocycles. The molecule has 10 rings (SSSR count). The number of nitrogens with one attached hydrogen (secondary N) is 4. The van der Waals surface area contributed by atoms with Gasteiger partial charge in [-0.25, -0.2) is 19.6 Å². The molecule has 0 spiro atoms. The van der Waals surface area contributed by atoms with E-state index in [1.807, 2.05) is 47.5 Å². The molecule has 2 aromatic carbocycles. The number of hydrogen-bond donors (Lipinski definition) is 4. The van der Waals surface area contributed by atoms with Crippen molar-refractivity contribution in [2.24, 2.45) is 0 Å². The van der Waals surface area contributed by atoms with E-state index in [9.17, 15) is 14.4 Å². The smallest absolute Gasteiger partial charge is 0.255 e. The van der Waals surface area contributed by atoms with Crippen molar-refractivity contribution >= 4 is 56.9 Å². The third kappa shape index (κ3) is 7.52. The van der Waals surface area contributed by atoms with Crippen LogP contribution >= 0.6 is 0 Å². The monoisotopic (exact) mass is 846 g/mol.